The van der Waals surface area contributed by atoms with Gasteiger partial charge in [-0.05, 0) is 26.2 Å². The summed E-state index contributed by atoms with van der Waals surface area (Å²) in [5.41, 5.74) is 0. The van der Waals surface area contributed by atoms with Gasteiger partial charge in [0.05, 0.1) is 18.8 Å². The van der Waals surface area contributed by atoms with Gasteiger partial charge in [-0.25, -0.2) is 4.79 Å². The number of morpholine rings is 1. The number of imide groups is 1. The highest BCUT2D eigenvalue weighted by Crippen LogP contribution is 2.29. The van der Waals surface area contributed by atoms with Crippen molar-refractivity contribution >= 4 is 23.5 Å². The second-order valence-electron chi connectivity index (χ2n) is 4.51. The summed E-state index contributed by atoms with van der Waals surface area (Å²) in [6.07, 6.45) is 3.15. The Labute approximate surface area is 105 Å². The maximum Gasteiger partial charge on any atom is 0.324 e. The average Bonchev–Trinajstić information content (AvgIpc) is 2.76. The van der Waals surface area contributed by atoms with E-state index in [9.17, 15) is 9.59 Å². The molecule has 3 atom stereocenters. The van der Waals surface area contributed by atoms with Gasteiger partial charge in [-0.3, -0.25) is 10.1 Å². The van der Waals surface area contributed by atoms with Gasteiger partial charge in [0.1, 0.15) is 5.38 Å². The minimum atomic E-state index is -0.695. The third-order valence-electron chi connectivity index (χ3n) is 3.33. The van der Waals surface area contributed by atoms with Crippen molar-refractivity contribution in [2.75, 3.05) is 13.2 Å². The van der Waals surface area contributed by atoms with E-state index >= 15 is 0 Å². The number of nitrogens with one attached hydrogen (secondary N) is 1. The summed E-state index contributed by atoms with van der Waals surface area (Å²) < 4.78 is 5.60. The Bertz CT molecular complexity index is 322. The van der Waals surface area contributed by atoms with Gasteiger partial charge in [0.2, 0.25) is 5.91 Å². The molecule has 5 nitrogen and oxygen atoms in total. The zero-order chi connectivity index (χ0) is 12.4. The molecule has 3 unspecified atom stereocenters. The molecule has 1 heterocycles. The van der Waals surface area contributed by atoms with Crippen LogP contribution in [0.25, 0.3) is 0 Å². The van der Waals surface area contributed by atoms with Crippen LogP contribution in [0.3, 0.4) is 0 Å². The Hall–Kier alpha value is -0.810. The second kappa shape index (κ2) is 5.23. The molecule has 2 rings (SSSR count). The molecular formula is C11H17ClN2O3. The molecule has 0 aromatic carbocycles. The van der Waals surface area contributed by atoms with E-state index in [1.165, 1.54) is 0 Å². The van der Waals surface area contributed by atoms with Crippen LogP contribution in [0.1, 0.15) is 26.2 Å². The smallest absolute Gasteiger partial charge is 0.324 e. The number of urea groups is 1. The summed E-state index contributed by atoms with van der Waals surface area (Å²) in [6.45, 7) is 2.62. The van der Waals surface area contributed by atoms with Gasteiger partial charge >= 0.3 is 6.03 Å². The standard InChI is InChI=1S/C11H17ClN2O3/c1-7(12)10(15)13-11(16)14-5-6-17-9-4-2-3-8(9)14/h7-9H,2-6H2,1H3,(H,13,15,16). The second-order valence-corrected chi connectivity index (χ2v) is 5.17. The molecule has 0 bridgehead atoms. The van der Waals surface area contributed by atoms with Crippen molar-refractivity contribution in [3.8, 4) is 0 Å². The molecule has 1 aliphatic carbocycles. The molecule has 2 fully saturated rings. The van der Waals surface area contributed by atoms with Crippen LogP contribution in [0, 0.1) is 0 Å². The number of alkyl halides is 1. The predicted molar refractivity (Wildman–Crippen MR) is 62.9 cm³/mol. The summed E-state index contributed by atoms with van der Waals surface area (Å²) in [4.78, 5) is 25.0. The van der Waals surface area contributed by atoms with Crippen molar-refractivity contribution in [1.82, 2.24) is 10.2 Å². The first-order valence-electron chi connectivity index (χ1n) is 5.96. The van der Waals surface area contributed by atoms with Crippen LogP contribution < -0.4 is 5.32 Å². The summed E-state index contributed by atoms with van der Waals surface area (Å²) in [6, 6.07) is -0.232. The number of hydrogen-bond donors (Lipinski definition) is 1. The summed E-state index contributed by atoms with van der Waals surface area (Å²) in [7, 11) is 0. The van der Waals surface area contributed by atoms with Gasteiger partial charge < -0.3 is 9.64 Å². The highest BCUT2D eigenvalue weighted by Gasteiger charge is 2.38. The zero-order valence-corrected chi connectivity index (χ0v) is 10.6. The third-order valence-corrected chi connectivity index (χ3v) is 3.53. The molecular weight excluding hydrogens is 244 g/mol. The van der Waals surface area contributed by atoms with Crippen LogP contribution >= 0.6 is 11.6 Å². The van der Waals surface area contributed by atoms with E-state index in [1.807, 2.05) is 0 Å². The highest BCUT2D eigenvalue weighted by molar-refractivity contribution is 6.31. The van der Waals surface area contributed by atoms with Crippen LogP contribution in [-0.2, 0) is 9.53 Å². The number of carbonyl (C=O) groups is 2. The first kappa shape index (κ1) is 12.6. The lowest BCUT2D eigenvalue weighted by Crippen LogP contribution is -2.56. The highest BCUT2D eigenvalue weighted by atomic mass is 35.5. The molecule has 1 saturated heterocycles. The normalized spacial score (nSPS) is 29.6. The number of ether oxygens (including phenoxy) is 1. The molecule has 1 saturated carbocycles. The molecule has 0 radical (unpaired) electrons. The van der Waals surface area contributed by atoms with Crippen molar-refractivity contribution < 1.29 is 14.3 Å². The summed E-state index contributed by atoms with van der Waals surface area (Å²) in [5, 5.41) is 1.63. The van der Waals surface area contributed by atoms with E-state index in [0.717, 1.165) is 19.3 Å². The summed E-state index contributed by atoms with van der Waals surface area (Å²) >= 11 is 5.62. The number of fused-ring (bicyclic) bond motifs is 1. The molecule has 6 heteroatoms. The van der Waals surface area contributed by atoms with Gasteiger partial charge in [-0.2, -0.15) is 0 Å². The number of hydrogen-bond acceptors (Lipinski definition) is 3. The fourth-order valence-electron chi connectivity index (χ4n) is 2.45. The number of rotatable bonds is 1. The molecule has 0 aromatic rings. The van der Waals surface area contributed by atoms with Crippen LogP contribution in [0.15, 0.2) is 0 Å². The van der Waals surface area contributed by atoms with Crippen molar-refractivity contribution in [3.63, 3.8) is 0 Å². The van der Waals surface area contributed by atoms with Gasteiger partial charge in [0, 0.05) is 6.54 Å². The number of nitrogens with zero attached hydrogens (tertiary/aromatic N) is 1. The first-order chi connectivity index (χ1) is 8.09. The van der Waals surface area contributed by atoms with Crippen molar-refractivity contribution in [2.45, 2.75) is 43.7 Å². The molecule has 0 aromatic heterocycles. The summed E-state index contributed by atoms with van der Waals surface area (Å²) in [5.74, 6) is -0.447. The monoisotopic (exact) mass is 260 g/mol. The predicted octanol–water partition coefficient (Wildman–Crippen LogP) is 1.10. The van der Waals surface area contributed by atoms with Crippen LogP contribution in [0.2, 0.25) is 0 Å². The Kier molecular flexibility index (Phi) is 3.89. The van der Waals surface area contributed by atoms with Crippen LogP contribution in [-0.4, -0.2) is 47.5 Å². The van der Waals surface area contributed by atoms with E-state index in [0.29, 0.717) is 13.2 Å². The minimum Gasteiger partial charge on any atom is -0.374 e. The maximum atomic E-state index is 11.9. The fourth-order valence-corrected chi connectivity index (χ4v) is 2.51. The van der Waals surface area contributed by atoms with Crippen molar-refractivity contribution in [3.05, 3.63) is 0 Å². The van der Waals surface area contributed by atoms with E-state index < -0.39 is 11.3 Å². The Morgan fingerprint density at radius 1 is 1.47 bits per heavy atom. The largest absolute Gasteiger partial charge is 0.374 e. The van der Waals surface area contributed by atoms with E-state index in [2.05, 4.69) is 5.32 Å². The Morgan fingerprint density at radius 2 is 2.24 bits per heavy atom. The van der Waals surface area contributed by atoms with E-state index in [-0.39, 0.29) is 18.2 Å². The minimum absolute atomic E-state index is 0.113. The molecule has 1 aliphatic heterocycles. The fraction of sp³-hybridized carbons (Fsp3) is 0.818. The molecule has 3 amide bonds. The van der Waals surface area contributed by atoms with Crippen molar-refractivity contribution in [1.29, 1.82) is 0 Å². The van der Waals surface area contributed by atoms with Crippen molar-refractivity contribution in [2.24, 2.45) is 0 Å². The van der Waals surface area contributed by atoms with E-state index in [4.69, 9.17) is 16.3 Å². The number of halogens is 1. The van der Waals surface area contributed by atoms with Gasteiger partial charge in [0.15, 0.2) is 0 Å². The number of carbonyl (C=O) groups excluding carboxylic acids is 2. The first-order valence-corrected chi connectivity index (χ1v) is 6.40. The maximum absolute atomic E-state index is 11.9. The lowest BCUT2D eigenvalue weighted by atomic mass is 10.1. The Morgan fingerprint density at radius 3 is 2.94 bits per heavy atom. The SMILES string of the molecule is CC(Cl)C(=O)NC(=O)N1CCOC2CCCC21. The van der Waals surface area contributed by atoms with Gasteiger partial charge in [0.25, 0.3) is 0 Å². The third kappa shape index (κ3) is 2.72. The van der Waals surface area contributed by atoms with Gasteiger partial charge in [-0.1, -0.05) is 0 Å². The lowest BCUT2D eigenvalue weighted by molar-refractivity contribution is -0.119. The van der Waals surface area contributed by atoms with Crippen LogP contribution in [0.4, 0.5) is 4.79 Å². The lowest BCUT2D eigenvalue weighted by Gasteiger charge is -2.37. The Balaban J connectivity index is 1.96. The van der Waals surface area contributed by atoms with Gasteiger partial charge in [-0.15, -0.1) is 11.6 Å². The molecule has 17 heavy (non-hydrogen) atoms. The van der Waals surface area contributed by atoms with Crippen LogP contribution in [0.5, 0.6) is 0 Å². The van der Waals surface area contributed by atoms with E-state index in [1.54, 1.807) is 11.8 Å². The zero-order valence-electron chi connectivity index (χ0n) is 9.82. The number of amides is 3. The molecule has 1 N–H and O–H groups in total. The molecule has 0 spiro atoms. The quantitative estimate of drug-likeness (QED) is 0.719. The average molecular weight is 261 g/mol. The molecule has 96 valence electrons. The molecule has 2 aliphatic rings. The topological polar surface area (TPSA) is 58.6 Å².